The molecule has 0 fully saturated rings. The van der Waals surface area contributed by atoms with Crippen LogP contribution in [0.15, 0.2) is 66.8 Å². The molecule has 1 heterocycles. The summed E-state index contributed by atoms with van der Waals surface area (Å²) in [7, 11) is 0. The van der Waals surface area contributed by atoms with Crippen molar-refractivity contribution in [1.29, 1.82) is 0 Å². The Morgan fingerprint density at radius 2 is 1.92 bits per heavy atom. The summed E-state index contributed by atoms with van der Waals surface area (Å²) in [5.74, 6) is -0.977. The molecule has 1 atom stereocenters. The van der Waals surface area contributed by atoms with Crippen LogP contribution in [0.5, 0.6) is 0 Å². The lowest BCUT2D eigenvalue weighted by atomic mass is 9.90. The van der Waals surface area contributed by atoms with Gasteiger partial charge in [-0.05, 0) is 29.8 Å². The molecule has 0 aliphatic carbocycles. The van der Waals surface area contributed by atoms with Crippen LogP contribution in [0, 0.1) is 0 Å². The van der Waals surface area contributed by atoms with E-state index < -0.39 is 11.5 Å². The zero-order valence-corrected chi connectivity index (χ0v) is 14.0. The molecule has 0 bridgehead atoms. The maximum atomic E-state index is 12.2. The summed E-state index contributed by atoms with van der Waals surface area (Å²) in [5.41, 5.74) is -0.0914. The lowest BCUT2D eigenvalue weighted by Gasteiger charge is -2.19. The number of nitrogens with one attached hydrogen (secondary N) is 1. The van der Waals surface area contributed by atoms with E-state index in [0.717, 1.165) is 5.56 Å². The third-order valence-electron chi connectivity index (χ3n) is 3.96. The molecule has 0 radical (unpaired) electrons. The van der Waals surface area contributed by atoms with E-state index in [4.69, 9.17) is 11.6 Å². The first-order valence-electron chi connectivity index (χ1n) is 7.75. The summed E-state index contributed by atoms with van der Waals surface area (Å²) in [4.78, 5) is 24.3. The highest BCUT2D eigenvalue weighted by Gasteiger charge is 2.46. The van der Waals surface area contributed by atoms with Crippen LogP contribution in [-0.2, 0) is 15.2 Å². The maximum absolute atomic E-state index is 12.2. The third-order valence-corrected chi connectivity index (χ3v) is 4.20. The highest BCUT2D eigenvalue weighted by Crippen LogP contribution is 2.39. The normalized spacial score (nSPS) is 19.4. The summed E-state index contributed by atoms with van der Waals surface area (Å²) in [5, 5.41) is 13.7. The van der Waals surface area contributed by atoms with E-state index in [-0.39, 0.29) is 12.2 Å². The summed E-state index contributed by atoms with van der Waals surface area (Å²) >= 11 is 5.94. The van der Waals surface area contributed by atoms with Crippen LogP contribution in [0.4, 0.5) is 5.69 Å². The first kappa shape index (κ1) is 17.1. The van der Waals surface area contributed by atoms with Gasteiger partial charge in [-0.25, -0.2) is 0 Å². The number of carbonyl (C=O) groups is 2. The predicted molar refractivity (Wildman–Crippen MR) is 98.2 cm³/mol. The summed E-state index contributed by atoms with van der Waals surface area (Å²) < 4.78 is 0. The standard InChI is InChI=1S/C20H16ClNO3/c21-15-10-11-18-17(12-15)20(25,19(24)22-18)13-16(23)9-5-4-8-14-6-2-1-3-7-14/h1-12,25H,13H2,(H,22,24)/b8-4-,9-5+/t20-/m1/s1. The van der Waals surface area contributed by atoms with Gasteiger partial charge in [0.25, 0.3) is 5.91 Å². The van der Waals surface area contributed by atoms with Crippen LogP contribution in [-0.4, -0.2) is 16.8 Å². The molecule has 0 spiro atoms. The molecule has 0 unspecified atom stereocenters. The molecule has 2 aromatic carbocycles. The van der Waals surface area contributed by atoms with Crippen molar-refractivity contribution in [2.45, 2.75) is 12.0 Å². The monoisotopic (exact) mass is 353 g/mol. The van der Waals surface area contributed by atoms with Crippen molar-refractivity contribution in [1.82, 2.24) is 0 Å². The van der Waals surface area contributed by atoms with Gasteiger partial charge in [-0.15, -0.1) is 0 Å². The second-order valence-corrected chi connectivity index (χ2v) is 6.21. The molecule has 126 valence electrons. The van der Waals surface area contributed by atoms with Crippen molar-refractivity contribution in [3.8, 4) is 0 Å². The van der Waals surface area contributed by atoms with E-state index in [9.17, 15) is 14.7 Å². The van der Waals surface area contributed by atoms with Gasteiger partial charge in [0, 0.05) is 16.3 Å². The van der Waals surface area contributed by atoms with Crippen molar-refractivity contribution in [2.75, 3.05) is 5.32 Å². The number of carbonyl (C=O) groups excluding carboxylic acids is 2. The number of benzene rings is 2. The van der Waals surface area contributed by atoms with E-state index in [1.807, 2.05) is 36.4 Å². The lowest BCUT2D eigenvalue weighted by molar-refractivity contribution is -0.138. The van der Waals surface area contributed by atoms with Crippen LogP contribution in [0.25, 0.3) is 6.08 Å². The van der Waals surface area contributed by atoms with Crippen LogP contribution in [0.2, 0.25) is 5.02 Å². The molecule has 2 aromatic rings. The molecule has 1 amide bonds. The van der Waals surface area contributed by atoms with Crippen molar-refractivity contribution < 1.29 is 14.7 Å². The van der Waals surface area contributed by atoms with Crippen LogP contribution < -0.4 is 5.32 Å². The quantitative estimate of drug-likeness (QED) is 0.636. The number of halogens is 1. The molecule has 25 heavy (non-hydrogen) atoms. The van der Waals surface area contributed by atoms with Gasteiger partial charge in [0.1, 0.15) is 0 Å². The smallest absolute Gasteiger partial charge is 0.261 e. The molecule has 1 aliphatic heterocycles. The topological polar surface area (TPSA) is 66.4 Å². The lowest BCUT2D eigenvalue weighted by Crippen LogP contribution is -2.36. The minimum Gasteiger partial charge on any atom is -0.375 e. The Balaban J connectivity index is 1.71. The Bertz CT molecular complexity index is 874. The minimum atomic E-state index is -1.90. The van der Waals surface area contributed by atoms with E-state index in [2.05, 4.69) is 5.32 Å². The zero-order valence-electron chi connectivity index (χ0n) is 13.3. The summed E-state index contributed by atoms with van der Waals surface area (Å²) in [6.45, 7) is 0. The number of rotatable bonds is 5. The van der Waals surface area contributed by atoms with Gasteiger partial charge >= 0.3 is 0 Å². The number of anilines is 1. The van der Waals surface area contributed by atoms with Crippen molar-refractivity contribution in [2.24, 2.45) is 0 Å². The average Bonchev–Trinajstić information content (AvgIpc) is 2.83. The van der Waals surface area contributed by atoms with Gasteiger partial charge in [0.15, 0.2) is 11.4 Å². The van der Waals surface area contributed by atoms with Gasteiger partial charge in [0.2, 0.25) is 0 Å². The number of amides is 1. The minimum absolute atomic E-state index is 0.326. The van der Waals surface area contributed by atoms with Gasteiger partial charge in [0.05, 0.1) is 6.42 Å². The molecule has 0 aromatic heterocycles. The van der Waals surface area contributed by atoms with E-state index >= 15 is 0 Å². The highest BCUT2D eigenvalue weighted by molar-refractivity contribution is 6.31. The third kappa shape index (κ3) is 3.71. The molecular formula is C20H16ClNO3. The fraction of sp³-hybridized carbons (Fsp3) is 0.100. The Hall–Kier alpha value is -2.69. The average molecular weight is 354 g/mol. The van der Waals surface area contributed by atoms with E-state index in [1.54, 1.807) is 24.3 Å². The van der Waals surface area contributed by atoms with Crippen molar-refractivity contribution in [3.63, 3.8) is 0 Å². The van der Waals surface area contributed by atoms with E-state index in [1.165, 1.54) is 12.1 Å². The highest BCUT2D eigenvalue weighted by atomic mass is 35.5. The fourth-order valence-electron chi connectivity index (χ4n) is 2.70. The number of hydrogen-bond acceptors (Lipinski definition) is 3. The number of hydrogen-bond donors (Lipinski definition) is 2. The Morgan fingerprint density at radius 3 is 2.68 bits per heavy atom. The first-order valence-corrected chi connectivity index (χ1v) is 8.13. The molecular weight excluding hydrogens is 338 g/mol. The van der Waals surface area contributed by atoms with Gasteiger partial charge in [-0.3, -0.25) is 9.59 Å². The van der Waals surface area contributed by atoms with E-state index in [0.29, 0.717) is 16.3 Å². The SMILES string of the molecule is O=C(/C=C/C=C\c1ccccc1)C[C@]1(O)C(=O)Nc2ccc(Cl)cc21. The van der Waals surface area contributed by atoms with Crippen molar-refractivity contribution in [3.05, 3.63) is 82.9 Å². The van der Waals surface area contributed by atoms with Gasteiger partial charge < -0.3 is 10.4 Å². The first-order chi connectivity index (χ1) is 12.0. The Labute approximate surface area is 150 Å². The Kier molecular flexibility index (Phi) is 4.83. The van der Waals surface area contributed by atoms with Crippen LogP contribution in [0.1, 0.15) is 17.5 Å². The Morgan fingerprint density at radius 1 is 1.16 bits per heavy atom. The fourth-order valence-corrected chi connectivity index (χ4v) is 2.87. The summed E-state index contributed by atoms with van der Waals surface area (Å²) in [6, 6.07) is 14.4. The van der Waals surface area contributed by atoms with Crippen LogP contribution in [0.3, 0.4) is 0 Å². The van der Waals surface area contributed by atoms with Crippen LogP contribution >= 0.6 is 11.6 Å². The second-order valence-electron chi connectivity index (χ2n) is 5.78. The molecule has 2 N–H and O–H groups in total. The number of allylic oxidation sites excluding steroid dienone is 3. The summed E-state index contributed by atoms with van der Waals surface area (Å²) in [6.07, 6.45) is 6.17. The second kappa shape index (κ2) is 7.05. The molecule has 0 saturated carbocycles. The van der Waals surface area contributed by atoms with Crippen molar-refractivity contribution >= 4 is 35.1 Å². The predicted octanol–water partition coefficient (Wildman–Crippen LogP) is 3.71. The van der Waals surface area contributed by atoms with Gasteiger partial charge in [-0.1, -0.05) is 60.2 Å². The van der Waals surface area contributed by atoms with Gasteiger partial charge in [-0.2, -0.15) is 0 Å². The molecule has 4 nitrogen and oxygen atoms in total. The molecule has 0 saturated heterocycles. The number of aliphatic hydroxyl groups is 1. The number of ketones is 1. The molecule has 5 heteroatoms. The zero-order chi connectivity index (χ0) is 17.9. The maximum Gasteiger partial charge on any atom is 0.261 e. The molecule has 3 rings (SSSR count). The largest absolute Gasteiger partial charge is 0.375 e. The number of fused-ring (bicyclic) bond motifs is 1. The molecule has 1 aliphatic rings.